The number of aromatic nitrogens is 6. The molecule has 0 spiro atoms. The molecule has 10 nitrogen and oxygen atoms in total. The van der Waals surface area contributed by atoms with E-state index < -0.39 is 17.4 Å². The van der Waals surface area contributed by atoms with Crippen LogP contribution in [0.3, 0.4) is 0 Å². The zero-order valence-corrected chi connectivity index (χ0v) is 21.6. The van der Waals surface area contributed by atoms with E-state index in [4.69, 9.17) is 10.5 Å². The van der Waals surface area contributed by atoms with Gasteiger partial charge in [0.25, 0.3) is 0 Å². The van der Waals surface area contributed by atoms with Crippen molar-refractivity contribution in [1.29, 1.82) is 5.26 Å². The number of ether oxygens (including phenoxy) is 1. The van der Waals surface area contributed by atoms with Crippen LogP contribution in [0.2, 0.25) is 0 Å². The molecule has 5 heterocycles. The maximum atomic E-state index is 13.2. The monoisotopic (exact) mass is 551 g/mol. The standard InChI is InChI=1S/C27H28F3N9O/c28-27(29,30)22-9-17(13-32)10-23(37-22)40-20-2-7-38(8-3-20)19-11-26(12-19,4-5-31)39-15-18(14-36-39)24-21-1-6-33-25(21)35-16-34-24/h1,6,9-10,14-16,19-20H,2-4,7-8,11-13,32H2,(H,33,34,35)/t19-,26+. The summed E-state index contributed by atoms with van der Waals surface area (Å²) >= 11 is 0. The van der Waals surface area contributed by atoms with Crippen LogP contribution in [0, 0.1) is 11.3 Å². The second-order valence-electron chi connectivity index (χ2n) is 10.5. The summed E-state index contributed by atoms with van der Waals surface area (Å²) in [7, 11) is 0. The van der Waals surface area contributed by atoms with Crippen molar-refractivity contribution in [2.75, 3.05) is 13.1 Å². The molecule has 13 heteroatoms. The summed E-state index contributed by atoms with van der Waals surface area (Å²) in [5.41, 5.74) is 6.93. The van der Waals surface area contributed by atoms with Crippen molar-refractivity contribution in [2.45, 2.75) is 62.5 Å². The predicted octanol–water partition coefficient (Wildman–Crippen LogP) is 4.01. The van der Waals surface area contributed by atoms with E-state index in [0.717, 1.165) is 54.3 Å². The summed E-state index contributed by atoms with van der Waals surface area (Å²) in [5, 5.41) is 15.2. The first-order valence-electron chi connectivity index (χ1n) is 13.2. The number of halogens is 3. The van der Waals surface area contributed by atoms with Crippen molar-refractivity contribution in [3.05, 3.63) is 54.4 Å². The van der Waals surface area contributed by atoms with Crippen molar-refractivity contribution in [1.82, 2.24) is 34.6 Å². The van der Waals surface area contributed by atoms with Gasteiger partial charge in [-0.05, 0) is 43.4 Å². The first-order chi connectivity index (χ1) is 19.3. The highest BCUT2D eigenvalue weighted by atomic mass is 19.4. The summed E-state index contributed by atoms with van der Waals surface area (Å²) in [6, 6.07) is 6.99. The van der Waals surface area contributed by atoms with Gasteiger partial charge in [-0.25, -0.2) is 15.0 Å². The lowest BCUT2D eigenvalue weighted by Gasteiger charge is -2.52. The molecule has 1 saturated carbocycles. The van der Waals surface area contributed by atoms with Gasteiger partial charge in [0.05, 0.1) is 29.9 Å². The molecular weight excluding hydrogens is 523 g/mol. The van der Waals surface area contributed by atoms with Crippen molar-refractivity contribution >= 4 is 11.0 Å². The van der Waals surface area contributed by atoms with Gasteiger partial charge in [-0.1, -0.05) is 0 Å². The number of fused-ring (bicyclic) bond motifs is 1. The summed E-state index contributed by atoms with van der Waals surface area (Å²) in [5.74, 6) is -0.0412. The number of hydrogen-bond donors (Lipinski definition) is 2. The Hall–Kier alpha value is -4.02. The molecule has 1 aliphatic heterocycles. The molecule has 0 bridgehead atoms. The molecular formula is C27H28F3N9O. The van der Waals surface area contributed by atoms with E-state index in [2.05, 4.69) is 36.0 Å². The van der Waals surface area contributed by atoms with Crippen molar-refractivity contribution in [2.24, 2.45) is 5.73 Å². The number of aromatic amines is 1. The molecule has 208 valence electrons. The highest BCUT2D eigenvalue weighted by molar-refractivity contribution is 5.90. The molecule has 0 aromatic carbocycles. The fraction of sp³-hybridized carbons (Fsp3) is 0.444. The summed E-state index contributed by atoms with van der Waals surface area (Å²) in [4.78, 5) is 17.8. The average Bonchev–Trinajstić information content (AvgIpc) is 3.61. The zero-order chi connectivity index (χ0) is 27.9. The van der Waals surface area contributed by atoms with E-state index in [1.165, 1.54) is 12.4 Å². The van der Waals surface area contributed by atoms with Crippen LogP contribution in [0.25, 0.3) is 22.3 Å². The third-order valence-electron chi connectivity index (χ3n) is 8.00. The fourth-order valence-corrected chi connectivity index (χ4v) is 5.85. The number of nitriles is 1. The first-order valence-corrected chi connectivity index (χ1v) is 13.2. The SMILES string of the molecule is N#CC[C@]1(n2cc(-c3ncnc4[nH]ccc34)cn2)C[C@@H](N2CCC(Oc3cc(CN)cc(C(F)(F)F)n3)CC2)C1. The van der Waals surface area contributed by atoms with Gasteiger partial charge in [0, 0.05) is 55.1 Å². The third-order valence-corrected chi connectivity index (χ3v) is 8.00. The molecule has 4 aromatic heterocycles. The Morgan fingerprint density at radius 1 is 1.20 bits per heavy atom. The summed E-state index contributed by atoms with van der Waals surface area (Å²) in [6.45, 7) is 1.47. The van der Waals surface area contributed by atoms with Crippen LogP contribution in [0.5, 0.6) is 5.88 Å². The van der Waals surface area contributed by atoms with E-state index in [-0.39, 0.29) is 24.6 Å². The molecule has 2 aliphatic rings. The minimum absolute atomic E-state index is 0.0280. The van der Waals surface area contributed by atoms with E-state index in [1.54, 1.807) is 6.20 Å². The van der Waals surface area contributed by atoms with Crippen LogP contribution in [-0.2, 0) is 18.3 Å². The van der Waals surface area contributed by atoms with Crippen LogP contribution in [0.15, 0.2) is 43.1 Å². The molecule has 40 heavy (non-hydrogen) atoms. The Kier molecular flexibility index (Phi) is 6.67. The second-order valence-corrected chi connectivity index (χ2v) is 10.5. The zero-order valence-electron chi connectivity index (χ0n) is 21.6. The molecule has 0 atom stereocenters. The van der Waals surface area contributed by atoms with E-state index in [1.807, 2.05) is 23.1 Å². The van der Waals surface area contributed by atoms with Gasteiger partial charge in [-0.15, -0.1) is 0 Å². The van der Waals surface area contributed by atoms with Gasteiger partial charge in [-0.3, -0.25) is 9.58 Å². The molecule has 6 rings (SSSR count). The Bertz CT molecular complexity index is 1540. The average molecular weight is 552 g/mol. The van der Waals surface area contributed by atoms with Gasteiger partial charge in [0.1, 0.15) is 23.8 Å². The molecule has 2 fully saturated rings. The second kappa shape index (κ2) is 10.2. The number of alkyl halides is 3. The summed E-state index contributed by atoms with van der Waals surface area (Å²) < 4.78 is 47.5. The third kappa shape index (κ3) is 4.89. The smallest absolute Gasteiger partial charge is 0.433 e. The number of H-pyrrole nitrogens is 1. The number of nitrogens with zero attached hydrogens (tertiary/aromatic N) is 7. The lowest BCUT2D eigenvalue weighted by atomic mass is 9.69. The minimum atomic E-state index is -4.56. The lowest BCUT2D eigenvalue weighted by molar-refractivity contribution is -0.141. The predicted molar refractivity (Wildman–Crippen MR) is 139 cm³/mol. The Morgan fingerprint density at radius 2 is 2.00 bits per heavy atom. The van der Waals surface area contributed by atoms with Crippen molar-refractivity contribution in [3.8, 4) is 23.2 Å². The number of nitrogens with one attached hydrogen (secondary N) is 1. The van der Waals surface area contributed by atoms with E-state index in [0.29, 0.717) is 24.8 Å². The van der Waals surface area contributed by atoms with Crippen LogP contribution < -0.4 is 10.5 Å². The van der Waals surface area contributed by atoms with Crippen LogP contribution >= 0.6 is 0 Å². The first kappa shape index (κ1) is 26.2. The van der Waals surface area contributed by atoms with Crippen LogP contribution in [0.1, 0.15) is 43.4 Å². The van der Waals surface area contributed by atoms with Crippen LogP contribution in [0.4, 0.5) is 13.2 Å². The molecule has 4 aromatic rings. The number of hydrogen-bond acceptors (Lipinski definition) is 8. The molecule has 3 N–H and O–H groups in total. The lowest BCUT2D eigenvalue weighted by Crippen LogP contribution is -2.58. The Labute approximate surface area is 228 Å². The molecule has 0 radical (unpaired) electrons. The largest absolute Gasteiger partial charge is 0.474 e. The molecule has 1 saturated heterocycles. The molecule has 1 aliphatic carbocycles. The minimum Gasteiger partial charge on any atom is -0.474 e. The van der Waals surface area contributed by atoms with E-state index >= 15 is 0 Å². The number of piperidine rings is 1. The van der Waals surface area contributed by atoms with Crippen molar-refractivity contribution < 1.29 is 17.9 Å². The summed E-state index contributed by atoms with van der Waals surface area (Å²) in [6.07, 6.45) is 5.54. The topological polar surface area (TPSA) is 135 Å². The van der Waals surface area contributed by atoms with Gasteiger partial charge in [0.2, 0.25) is 5.88 Å². The Balaban J connectivity index is 1.09. The van der Waals surface area contributed by atoms with Crippen LogP contribution in [-0.4, -0.2) is 59.9 Å². The number of rotatable bonds is 7. The van der Waals surface area contributed by atoms with Gasteiger partial charge in [-0.2, -0.15) is 23.5 Å². The van der Waals surface area contributed by atoms with Gasteiger partial charge >= 0.3 is 6.18 Å². The maximum absolute atomic E-state index is 13.2. The van der Waals surface area contributed by atoms with Gasteiger partial charge in [0.15, 0.2) is 0 Å². The normalized spacial score (nSPS) is 22.2. The molecule has 0 unspecified atom stereocenters. The van der Waals surface area contributed by atoms with Crippen molar-refractivity contribution in [3.63, 3.8) is 0 Å². The number of likely N-dealkylation sites (tertiary alicyclic amines) is 1. The molecule has 0 amide bonds. The quantitative estimate of drug-likeness (QED) is 0.352. The maximum Gasteiger partial charge on any atom is 0.433 e. The number of nitrogens with two attached hydrogens (primary N) is 1. The highest BCUT2D eigenvalue weighted by Gasteiger charge is 2.49. The number of pyridine rings is 1. The Morgan fingerprint density at radius 3 is 2.73 bits per heavy atom. The highest BCUT2D eigenvalue weighted by Crippen LogP contribution is 2.45. The van der Waals surface area contributed by atoms with Gasteiger partial charge < -0.3 is 15.5 Å². The fourth-order valence-electron chi connectivity index (χ4n) is 5.85. The van der Waals surface area contributed by atoms with E-state index in [9.17, 15) is 18.4 Å².